The molecule has 0 aliphatic rings. The fourth-order valence-electron chi connectivity index (χ4n) is 2.84. The number of nitrogen functional groups attached to an aromatic ring is 1. The van der Waals surface area contributed by atoms with Gasteiger partial charge in [-0.2, -0.15) is 26.3 Å². The predicted molar refractivity (Wildman–Crippen MR) is 98.9 cm³/mol. The number of aromatic nitrogens is 2. The van der Waals surface area contributed by atoms with Crippen LogP contribution in [0.4, 0.5) is 32.0 Å². The maximum atomic E-state index is 13.5. The molecular formula is C19H12ClF6N3O. The summed E-state index contributed by atoms with van der Waals surface area (Å²) < 4.78 is 81.1. The highest BCUT2D eigenvalue weighted by Gasteiger charge is 2.39. The van der Waals surface area contributed by atoms with Gasteiger partial charge in [-0.1, -0.05) is 41.9 Å². The van der Waals surface area contributed by atoms with Crippen molar-refractivity contribution in [1.29, 1.82) is 0 Å². The summed E-state index contributed by atoms with van der Waals surface area (Å²) in [5.41, 5.74) is -0.414. The maximum Gasteiger partial charge on any atom is 0.435 e. The second kappa shape index (κ2) is 7.67. The Labute approximate surface area is 170 Å². The smallest absolute Gasteiger partial charge is 0.392 e. The zero-order valence-corrected chi connectivity index (χ0v) is 15.6. The van der Waals surface area contributed by atoms with Crippen molar-refractivity contribution in [2.75, 3.05) is 5.73 Å². The van der Waals surface area contributed by atoms with Crippen molar-refractivity contribution in [2.24, 2.45) is 0 Å². The van der Waals surface area contributed by atoms with E-state index in [4.69, 9.17) is 17.3 Å². The Kier molecular flexibility index (Phi) is 5.55. The van der Waals surface area contributed by atoms with Crippen LogP contribution in [0.25, 0.3) is 11.4 Å². The number of alkyl halides is 6. The Hall–Kier alpha value is -3.01. The van der Waals surface area contributed by atoms with Crippen molar-refractivity contribution in [1.82, 2.24) is 9.55 Å². The second-order valence-electron chi connectivity index (χ2n) is 6.26. The molecule has 1 aromatic heterocycles. The highest BCUT2D eigenvalue weighted by molar-refractivity contribution is 6.30. The Morgan fingerprint density at radius 2 is 1.53 bits per heavy atom. The molecule has 0 aliphatic carbocycles. The molecule has 3 aromatic rings. The molecule has 3 rings (SSSR count). The van der Waals surface area contributed by atoms with E-state index >= 15 is 0 Å². The molecule has 0 aliphatic heterocycles. The summed E-state index contributed by atoms with van der Waals surface area (Å²) in [6, 6.07) is 9.79. The first-order valence-electron chi connectivity index (χ1n) is 8.28. The van der Waals surface area contributed by atoms with Crippen LogP contribution in [0, 0.1) is 0 Å². The summed E-state index contributed by atoms with van der Waals surface area (Å²) in [6.45, 7) is -0.368. The van der Waals surface area contributed by atoms with Crippen LogP contribution in [0.15, 0.2) is 53.3 Å². The van der Waals surface area contributed by atoms with Gasteiger partial charge in [-0.25, -0.2) is 4.98 Å². The summed E-state index contributed by atoms with van der Waals surface area (Å²) in [5.74, 6) is -0.801. The molecule has 2 N–H and O–H groups in total. The van der Waals surface area contributed by atoms with Crippen LogP contribution in [0.1, 0.15) is 16.8 Å². The summed E-state index contributed by atoms with van der Waals surface area (Å²) >= 11 is 5.79. The van der Waals surface area contributed by atoms with Crippen molar-refractivity contribution < 1.29 is 26.3 Å². The lowest BCUT2D eigenvalue weighted by atomic mass is 10.1. The Morgan fingerprint density at radius 3 is 2.10 bits per heavy atom. The summed E-state index contributed by atoms with van der Waals surface area (Å²) in [7, 11) is 0. The quantitative estimate of drug-likeness (QED) is 0.559. The molecule has 11 heteroatoms. The van der Waals surface area contributed by atoms with E-state index in [9.17, 15) is 31.1 Å². The van der Waals surface area contributed by atoms with E-state index in [0.29, 0.717) is 21.2 Å². The molecule has 0 amide bonds. The molecule has 0 atom stereocenters. The molecule has 1 heterocycles. The van der Waals surface area contributed by atoms with Gasteiger partial charge < -0.3 is 5.73 Å². The van der Waals surface area contributed by atoms with Gasteiger partial charge in [0.05, 0.1) is 12.1 Å². The van der Waals surface area contributed by atoms with Gasteiger partial charge in [-0.05, 0) is 23.8 Å². The van der Waals surface area contributed by atoms with E-state index < -0.39 is 46.2 Å². The zero-order valence-electron chi connectivity index (χ0n) is 14.9. The highest BCUT2D eigenvalue weighted by Crippen LogP contribution is 2.38. The molecule has 2 aromatic carbocycles. The van der Waals surface area contributed by atoms with Gasteiger partial charge in [0.15, 0.2) is 5.69 Å². The molecule has 0 bridgehead atoms. The number of anilines is 1. The van der Waals surface area contributed by atoms with Crippen LogP contribution in [0.2, 0.25) is 5.02 Å². The minimum absolute atomic E-state index is 0.360. The van der Waals surface area contributed by atoms with Crippen LogP contribution in [-0.2, 0) is 18.9 Å². The lowest BCUT2D eigenvalue weighted by Gasteiger charge is -2.19. The van der Waals surface area contributed by atoms with Crippen LogP contribution in [-0.4, -0.2) is 9.55 Å². The number of nitrogens with two attached hydrogens (primary N) is 1. The molecule has 0 spiro atoms. The molecule has 4 nitrogen and oxygen atoms in total. The highest BCUT2D eigenvalue weighted by atomic mass is 35.5. The monoisotopic (exact) mass is 447 g/mol. The average Bonchev–Trinajstić information content (AvgIpc) is 2.65. The third-order valence-electron chi connectivity index (χ3n) is 4.20. The first-order chi connectivity index (χ1) is 13.9. The molecule has 0 fully saturated rings. The third-order valence-corrected chi connectivity index (χ3v) is 4.45. The van der Waals surface area contributed by atoms with Crippen molar-refractivity contribution in [2.45, 2.75) is 18.9 Å². The third kappa shape index (κ3) is 4.28. The van der Waals surface area contributed by atoms with E-state index in [0.717, 1.165) is 12.1 Å². The number of halogens is 7. The van der Waals surface area contributed by atoms with Crippen molar-refractivity contribution >= 4 is 17.3 Å². The van der Waals surface area contributed by atoms with Gasteiger partial charge in [-0.3, -0.25) is 9.36 Å². The minimum Gasteiger partial charge on any atom is -0.392 e. The lowest BCUT2D eigenvalue weighted by Crippen LogP contribution is -2.31. The van der Waals surface area contributed by atoms with E-state index in [2.05, 4.69) is 4.98 Å². The number of nitrogens with zero attached hydrogens (tertiary/aromatic N) is 2. The van der Waals surface area contributed by atoms with Crippen LogP contribution >= 0.6 is 11.6 Å². The Bertz CT molecular complexity index is 1140. The fourth-order valence-corrected chi connectivity index (χ4v) is 2.96. The van der Waals surface area contributed by atoms with Crippen molar-refractivity contribution in [3.63, 3.8) is 0 Å². The maximum absolute atomic E-state index is 13.5. The molecule has 0 saturated heterocycles. The van der Waals surface area contributed by atoms with Gasteiger partial charge in [0.2, 0.25) is 0 Å². The molecule has 0 radical (unpaired) electrons. The zero-order chi connectivity index (χ0) is 22.3. The molecular weight excluding hydrogens is 436 g/mol. The SMILES string of the molecule is Nc1c(C(F)(F)F)nc(-c2ccccc2C(F)(F)F)n(Cc2ccc(Cl)cc2)c1=O. The number of hydrogen-bond donors (Lipinski definition) is 1. The van der Waals surface area contributed by atoms with Crippen LogP contribution in [0.3, 0.4) is 0 Å². The predicted octanol–water partition coefficient (Wildman–Crippen LogP) is 5.23. The number of rotatable bonds is 3. The topological polar surface area (TPSA) is 60.9 Å². The van der Waals surface area contributed by atoms with Gasteiger partial charge in [0, 0.05) is 10.6 Å². The second-order valence-corrected chi connectivity index (χ2v) is 6.69. The average molecular weight is 448 g/mol. The number of hydrogen-bond acceptors (Lipinski definition) is 3. The summed E-state index contributed by atoms with van der Waals surface area (Å²) in [6.07, 6.45) is -10.0. The largest absolute Gasteiger partial charge is 0.435 e. The van der Waals surface area contributed by atoms with Gasteiger partial charge in [-0.15, -0.1) is 0 Å². The fraction of sp³-hybridized carbons (Fsp3) is 0.158. The Morgan fingerprint density at radius 1 is 0.933 bits per heavy atom. The van der Waals surface area contributed by atoms with E-state index in [1.54, 1.807) is 0 Å². The van der Waals surface area contributed by atoms with Gasteiger partial charge in [0.25, 0.3) is 5.56 Å². The van der Waals surface area contributed by atoms with Crippen LogP contribution < -0.4 is 11.3 Å². The van der Waals surface area contributed by atoms with Gasteiger partial charge in [0.1, 0.15) is 11.5 Å². The van der Waals surface area contributed by atoms with Crippen molar-refractivity contribution in [3.8, 4) is 11.4 Å². The molecule has 0 saturated carbocycles. The lowest BCUT2D eigenvalue weighted by molar-refractivity contribution is -0.140. The van der Waals surface area contributed by atoms with Crippen molar-refractivity contribution in [3.05, 3.63) is 80.7 Å². The van der Waals surface area contributed by atoms with E-state index in [-0.39, 0.29) is 6.54 Å². The summed E-state index contributed by atoms with van der Waals surface area (Å²) in [4.78, 5) is 16.0. The molecule has 30 heavy (non-hydrogen) atoms. The summed E-state index contributed by atoms with van der Waals surface area (Å²) in [5, 5.41) is 0.360. The first kappa shape index (κ1) is 21.7. The molecule has 158 valence electrons. The van der Waals surface area contributed by atoms with Crippen LogP contribution in [0.5, 0.6) is 0 Å². The Balaban J connectivity index is 2.34. The normalized spacial score (nSPS) is 12.2. The van der Waals surface area contributed by atoms with Gasteiger partial charge >= 0.3 is 12.4 Å². The standard InChI is InChI=1S/C19H12ClF6N3O/c20-11-7-5-10(6-8-11)9-29-16(12-3-1-2-4-13(12)18(21,22)23)28-15(19(24,25)26)14(27)17(29)30/h1-8H,9,27H2. The number of benzene rings is 2. The van der Waals surface area contributed by atoms with E-state index in [1.807, 2.05) is 0 Å². The first-order valence-corrected chi connectivity index (χ1v) is 8.66. The molecule has 0 unspecified atom stereocenters. The minimum atomic E-state index is -5.13. The van der Waals surface area contributed by atoms with E-state index in [1.165, 1.54) is 30.3 Å².